The maximum absolute atomic E-state index is 13.0. The Labute approximate surface area is 88.2 Å². The predicted octanol–water partition coefficient (Wildman–Crippen LogP) is 4.43. The summed E-state index contributed by atoms with van der Waals surface area (Å²) in [5, 5.41) is 0. The first kappa shape index (κ1) is 11.0. The summed E-state index contributed by atoms with van der Waals surface area (Å²) in [6, 6.07) is 0.786. The van der Waals surface area contributed by atoms with Gasteiger partial charge in [0.15, 0.2) is 0 Å². The van der Waals surface area contributed by atoms with Gasteiger partial charge in [-0.25, -0.2) is 17.6 Å². The van der Waals surface area contributed by atoms with Crippen LogP contribution in [0.25, 0.3) is 0 Å². The second-order valence-corrected chi connectivity index (χ2v) is 3.83. The molecular formula is C7H2Br2F4. The molecule has 0 aliphatic heterocycles. The van der Waals surface area contributed by atoms with Gasteiger partial charge in [-0.1, -0.05) is 15.9 Å². The zero-order valence-corrected chi connectivity index (χ0v) is 9.09. The minimum absolute atomic E-state index is 0.277. The van der Waals surface area contributed by atoms with Crippen LogP contribution in [0.2, 0.25) is 0 Å². The van der Waals surface area contributed by atoms with Crippen LogP contribution in [0.5, 0.6) is 0 Å². The van der Waals surface area contributed by atoms with E-state index in [-0.39, 0.29) is 4.47 Å². The average molecular weight is 322 g/mol. The van der Waals surface area contributed by atoms with E-state index in [0.29, 0.717) is 0 Å². The number of benzene rings is 1. The highest BCUT2D eigenvalue weighted by Gasteiger charge is 2.22. The topological polar surface area (TPSA) is 0 Å². The molecule has 0 aliphatic rings. The molecule has 0 heterocycles. The van der Waals surface area contributed by atoms with Crippen molar-refractivity contribution in [2.45, 2.75) is 6.43 Å². The Balaban J connectivity index is 3.44. The van der Waals surface area contributed by atoms with Gasteiger partial charge in [0.05, 0.1) is 10.0 Å². The number of hydrogen-bond acceptors (Lipinski definition) is 0. The lowest BCUT2D eigenvalue weighted by Gasteiger charge is -2.06. The number of halogens is 6. The molecule has 6 heteroatoms. The monoisotopic (exact) mass is 320 g/mol. The maximum Gasteiger partial charge on any atom is 0.267 e. The molecule has 0 saturated heterocycles. The van der Waals surface area contributed by atoms with Gasteiger partial charge in [0.2, 0.25) is 0 Å². The zero-order valence-electron chi connectivity index (χ0n) is 5.92. The van der Waals surface area contributed by atoms with Gasteiger partial charge in [0, 0.05) is 4.47 Å². The number of hydrogen-bond donors (Lipinski definition) is 0. The summed E-state index contributed by atoms with van der Waals surface area (Å²) >= 11 is 5.18. The highest BCUT2D eigenvalue weighted by Crippen LogP contribution is 2.35. The van der Waals surface area contributed by atoms with E-state index < -0.39 is 28.1 Å². The molecule has 0 amide bonds. The molecule has 0 saturated carbocycles. The fourth-order valence-corrected chi connectivity index (χ4v) is 1.66. The minimum atomic E-state index is -2.98. The zero-order chi connectivity index (χ0) is 10.2. The Kier molecular flexibility index (Phi) is 3.34. The standard InChI is InChI=1S/C7H2Br2F4/c8-2-1-3(10)5(9)6(11)4(2)7(12)13/h1,7H. The third-order valence-electron chi connectivity index (χ3n) is 1.37. The van der Waals surface area contributed by atoms with Gasteiger partial charge in [-0.2, -0.15) is 0 Å². The van der Waals surface area contributed by atoms with Gasteiger partial charge in [-0.05, 0) is 22.0 Å². The summed E-state index contributed by atoms with van der Waals surface area (Å²) in [5.41, 5.74) is -0.840. The lowest BCUT2D eigenvalue weighted by Crippen LogP contribution is -1.96. The summed E-state index contributed by atoms with van der Waals surface area (Å²) in [5.74, 6) is -2.20. The van der Waals surface area contributed by atoms with Crippen LogP contribution in [0.15, 0.2) is 15.0 Å². The van der Waals surface area contributed by atoms with Crippen molar-refractivity contribution in [2.24, 2.45) is 0 Å². The molecule has 0 aliphatic carbocycles. The van der Waals surface area contributed by atoms with Crippen LogP contribution in [0.1, 0.15) is 12.0 Å². The van der Waals surface area contributed by atoms with Gasteiger partial charge in [-0.3, -0.25) is 0 Å². The van der Waals surface area contributed by atoms with E-state index in [1.807, 2.05) is 0 Å². The molecule has 0 nitrogen and oxygen atoms in total. The van der Waals surface area contributed by atoms with E-state index in [0.717, 1.165) is 6.07 Å². The Morgan fingerprint density at radius 1 is 1.15 bits per heavy atom. The van der Waals surface area contributed by atoms with E-state index >= 15 is 0 Å². The molecule has 13 heavy (non-hydrogen) atoms. The molecule has 0 aromatic heterocycles. The summed E-state index contributed by atoms with van der Waals surface area (Å²) in [6.45, 7) is 0. The molecule has 0 unspecified atom stereocenters. The van der Waals surface area contributed by atoms with Gasteiger partial charge in [0.1, 0.15) is 11.6 Å². The molecule has 0 N–H and O–H groups in total. The Hall–Kier alpha value is -0.100. The number of alkyl halides is 2. The second kappa shape index (κ2) is 3.96. The van der Waals surface area contributed by atoms with Crippen LogP contribution in [-0.2, 0) is 0 Å². The Morgan fingerprint density at radius 2 is 1.69 bits per heavy atom. The van der Waals surface area contributed by atoms with E-state index in [1.165, 1.54) is 0 Å². The van der Waals surface area contributed by atoms with E-state index in [2.05, 4.69) is 31.9 Å². The molecule has 72 valence electrons. The first-order chi connectivity index (χ1) is 5.95. The van der Waals surface area contributed by atoms with Crippen molar-refractivity contribution in [3.63, 3.8) is 0 Å². The fraction of sp³-hybridized carbons (Fsp3) is 0.143. The molecule has 0 bridgehead atoms. The molecule has 0 atom stereocenters. The van der Waals surface area contributed by atoms with E-state index in [1.54, 1.807) is 0 Å². The highest BCUT2D eigenvalue weighted by molar-refractivity contribution is 9.11. The smallest absolute Gasteiger partial charge is 0.206 e. The van der Waals surface area contributed by atoms with Crippen molar-refractivity contribution < 1.29 is 17.6 Å². The number of rotatable bonds is 1. The summed E-state index contributed by atoms with van der Waals surface area (Å²) in [7, 11) is 0. The molecule has 0 radical (unpaired) electrons. The van der Waals surface area contributed by atoms with Gasteiger partial charge in [-0.15, -0.1) is 0 Å². The van der Waals surface area contributed by atoms with Crippen molar-refractivity contribution in [1.82, 2.24) is 0 Å². The first-order valence-electron chi connectivity index (χ1n) is 3.06. The lowest BCUT2D eigenvalue weighted by molar-refractivity contribution is 0.145. The largest absolute Gasteiger partial charge is 0.267 e. The van der Waals surface area contributed by atoms with Gasteiger partial charge < -0.3 is 0 Å². The minimum Gasteiger partial charge on any atom is -0.206 e. The molecule has 1 rings (SSSR count). The van der Waals surface area contributed by atoms with Crippen LogP contribution < -0.4 is 0 Å². The van der Waals surface area contributed by atoms with Crippen LogP contribution in [0.3, 0.4) is 0 Å². The lowest BCUT2D eigenvalue weighted by atomic mass is 10.2. The third kappa shape index (κ3) is 2.04. The third-order valence-corrected chi connectivity index (χ3v) is 2.75. The normalized spacial score (nSPS) is 11.0. The SMILES string of the molecule is Fc1cc(Br)c(C(F)F)c(F)c1Br. The quantitative estimate of drug-likeness (QED) is 0.408. The summed E-state index contributed by atoms with van der Waals surface area (Å²) in [6.07, 6.45) is -2.98. The fourth-order valence-electron chi connectivity index (χ4n) is 0.780. The van der Waals surface area contributed by atoms with E-state index in [9.17, 15) is 17.6 Å². The van der Waals surface area contributed by atoms with Crippen molar-refractivity contribution in [3.05, 3.63) is 32.2 Å². The van der Waals surface area contributed by atoms with Crippen molar-refractivity contribution in [2.75, 3.05) is 0 Å². The average Bonchev–Trinajstić information content (AvgIpc) is 1.99. The van der Waals surface area contributed by atoms with Crippen molar-refractivity contribution in [1.29, 1.82) is 0 Å². The molecule has 0 spiro atoms. The van der Waals surface area contributed by atoms with Crippen molar-refractivity contribution >= 4 is 31.9 Å². The summed E-state index contributed by atoms with van der Waals surface area (Å²) < 4.78 is 49.2. The van der Waals surface area contributed by atoms with Crippen LogP contribution in [0.4, 0.5) is 17.6 Å². The maximum atomic E-state index is 13.0. The molecular weight excluding hydrogens is 320 g/mol. The van der Waals surface area contributed by atoms with Gasteiger partial charge >= 0.3 is 0 Å². The first-order valence-corrected chi connectivity index (χ1v) is 4.64. The molecule has 0 fully saturated rings. The van der Waals surface area contributed by atoms with Crippen LogP contribution in [0, 0.1) is 11.6 Å². The molecule has 1 aromatic rings. The highest BCUT2D eigenvalue weighted by atomic mass is 79.9. The van der Waals surface area contributed by atoms with Gasteiger partial charge in [0.25, 0.3) is 6.43 Å². The van der Waals surface area contributed by atoms with E-state index in [4.69, 9.17) is 0 Å². The summed E-state index contributed by atoms with van der Waals surface area (Å²) in [4.78, 5) is 0. The predicted molar refractivity (Wildman–Crippen MR) is 46.7 cm³/mol. The Morgan fingerprint density at radius 3 is 2.15 bits per heavy atom. The molecule has 1 aromatic carbocycles. The second-order valence-electron chi connectivity index (χ2n) is 2.18. The Bertz CT molecular complexity index is 338. The van der Waals surface area contributed by atoms with Crippen molar-refractivity contribution in [3.8, 4) is 0 Å². The van der Waals surface area contributed by atoms with Crippen LogP contribution >= 0.6 is 31.9 Å². The van der Waals surface area contributed by atoms with Crippen LogP contribution in [-0.4, -0.2) is 0 Å².